The Morgan fingerprint density at radius 3 is 2.76 bits per heavy atom. The Morgan fingerprint density at radius 1 is 1.35 bits per heavy atom. The van der Waals surface area contributed by atoms with Crippen molar-refractivity contribution in [2.75, 3.05) is 7.11 Å². The number of benzene rings is 1. The van der Waals surface area contributed by atoms with Crippen molar-refractivity contribution in [2.24, 2.45) is 0 Å². The van der Waals surface area contributed by atoms with Gasteiger partial charge in [-0.25, -0.2) is 9.18 Å². The minimum Gasteiger partial charge on any atom is -0.467 e. The van der Waals surface area contributed by atoms with E-state index in [1.165, 1.54) is 19.2 Å². The van der Waals surface area contributed by atoms with Crippen LogP contribution >= 0.6 is 0 Å². The van der Waals surface area contributed by atoms with Crippen molar-refractivity contribution < 1.29 is 9.13 Å². The number of hydrogen-bond donors (Lipinski definition) is 1. The lowest BCUT2D eigenvalue weighted by Crippen LogP contribution is -2.14. The molecule has 17 heavy (non-hydrogen) atoms. The van der Waals surface area contributed by atoms with Gasteiger partial charge in [0.15, 0.2) is 0 Å². The number of hydrogen-bond acceptors (Lipinski definition) is 4. The largest absolute Gasteiger partial charge is 0.467 e. The van der Waals surface area contributed by atoms with Crippen molar-refractivity contribution in [3.05, 3.63) is 40.1 Å². The van der Waals surface area contributed by atoms with Gasteiger partial charge in [-0.3, -0.25) is 4.98 Å². The lowest BCUT2D eigenvalue weighted by molar-refractivity contribution is 0.377. The first-order chi connectivity index (χ1) is 8.10. The summed E-state index contributed by atoms with van der Waals surface area (Å²) in [6.45, 7) is 1.63. The van der Waals surface area contributed by atoms with Crippen molar-refractivity contribution in [2.45, 2.75) is 6.92 Å². The summed E-state index contributed by atoms with van der Waals surface area (Å²) in [7, 11) is 1.37. The van der Waals surface area contributed by atoms with Crippen molar-refractivity contribution >= 4 is 0 Å². The van der Waals surface area contributed by atoms with E-state index < -0.39 is 5.69 Å². The highest BCUT2D eigenvalue weighted by molar-refractivity contribution is 5.55. The number of nitrogens with one attached hydrogen (secondary N) is 1. The number of methoxy groups -OCH3 is 1. The monoisotopic (exact) mass is 235 g/mol. The fourth-order valence-electron chi connectivity index (χ4n) is 1.38. The molecule has 6 heteroatoms. The fourth-order valence-corrected chi connectivity index (χ4v) is 1.38. The summed E-state index contributed by atoms with van der Waals surface area (Å²) in [4.78, 5) is 21.2. The molecule has 5 nitrogen and oxygen atoms in total. The van der Waals surface area contributed by atoms with Gasteiger partial charge in [-0.15, -0.1) is 4.98 Å². The zero-order valence-corrected chi connectivity index (χ0v) is 9.32. The van der Waals surface area contributed by atoms with E-state index in [4.69, 9.17) is 4.74 Å². The lowest BCUT2D eigenvalue weighted by Gasteiger charge is -2.03. The van der Waals surface area contributed by atoms with Gasteiger partial charge in [0.05, 0.1) is 7.11 Å². The minimum absolute atomic E-state index is 0.0225. The quantitative estimate of drug-likeness (QED) is 0.851. The summed E-state index contributed by atoms with van der Waals surface area (Å²) in [6, 6.07) is 4.41. The molecule has 1 aromatic heterocycles. The highest BCUT2D eigenvalue weighted by Crippen LogP contribution is 2.18. The van der Waals surface area contributed by atoms with Crippen LogP contribution < -0.4 is 10.4 Å². The molecule has 1 aromatic carbocycles. The highest BCUT2D eigenvalue weighted by atomic mass is 19.1. The number of ether oxygens (including phenoxy) is 1. The van der Waals surface area contributed by atoms with Crippen LogP contribution in [0.5, 0.6) is 6.01 Å². The second kappa shape index (κ2) is 4.32. The van der Waals surface area contributed by atoms with Crippen molar-refractivity contribution in [3.8, 4) is 17.4 Å². The zero-order chi connectivity index (χ0) is 12.4. The van der Waals surface area contributed by atoms with Crippen LogP contribution in [0.15, 0.2) is 23.0 Å². The molecule has 0 amide bonds. The maximum Gasteiger partial charge on any atom is 0.351 e. The molecule has 0 aliphatic heterocycles. The second-order valence-electron chi connectivity index (χ2n) is 3.45. The molecule has 0 bridgehead atoms. The Hall–Kier alpha value is -2.24. The molecule has 0 saturated heterocycles. The van der Waals surface area contributed by atoms with E-state index >= 15 is 0 Å². The van der Waals surface area contributed by atoms with E-state index in [-0.39, 0.29) is 11.8 Å². The third-order valence-electron chi connectivity index (χ3n) is 2.24. The van der Waals surface area contributed by atoms with Gasteiger partial charge in [-0.05, 0) is 30.7 Å². The number of halogens is 1. The lowest BCUT2D eigenvalue weighted by atomic mass is 10.1. The van der Waals surface area contributed by atoms with Gasteiger partial charge in [0, 0.05) is 5.56 Å². The molecule has 0 fully saturated rings. The standard InChI is InChI=1S/C11H10FN3O2/c1-6-5-7(3-4-8(6)12)9-13-10(16)15-11(14-9)17-2/h3-5H,1-2H3,(H,13,14,15,16). The van der Waals surface area contributed by atoms with E-state index in [1.54, 1.807) is 13.0 Å². The molecule has 0 unspecified atom stereocenters. The molecule has 0 radical (unpaired) electrons. The Bertz CT molecular complexity index is 610. The molecule has 1 N–H and O–H groups in total. The summed E-state index contributed by atoms with van der Waals surface area (Å²) >= 11 is 0. The summed E-state index contributed by atoms with van der Waals surface area (Å²) in [5.41, 5.74) is 0.511. The van der Waals surface area contributed by atoms with E-state index in [9.17, 15) is 9.18 Å². The second-order valence-corrected chi connectivity index (χ2v) is 3.45. The Morgan fingerprint density at radius 2 is 2.12 bits per heavy atom. The average Bonchev–Trinajstić information content (AvgIpc) is 2.32. The van der Waals surface area contributed by atoms with Crippen molar-refractivity contribution in [1.82, 2.24) is 15.0 Å². The van der Waals surface area contributed by atoms with Gasteiger partial charge < -0.3 is 4.74 Å². The molecule has 0 spiro atoms. The molecule has 88 valence electrons. The maximum atomic E-state index is 13.1. The van der Waals surface area contributed by atoms with Crippen LogP contribution in [-0.4, -0.2) is 22.1 Å². The smallest absolute Gasteiger partial charge is 0.351 e. The van der Waals surface area contributed by atoms with E-state index in [2.05, 4.69) is 15.0 Å². The van der Waals surface area contributed by atoms with Crippen LogP contribution in [0, 0.1) is 12.7 Å². The summed E-state index contributed by atoms with van der Waals surface area (Å²) in [5, 5.41) is 0. The predicted octanol–water partition coefficient (Wildman–Crippen LogP) is 1.29. The Balaban J connectivity index is 2.55. The summed E-state index contributed by atoms with van der Waals surface area (Å²) in [6.07, 6.45) is 0. The molecule has 2 aromatic rings. The average molecular weight is 235 g/mol. The molecule has 2 rings (SSSR count). The Kier molecular flexibility index (Phi) is 2.86. The molecule has 0 aliphatic carbocycles. The van der Waals surface area contributed by atoms with Crippen LogP contribution in [-0.2, 0) is 0 Å². The number of aryl methyl sites for hydroxylation is 1. The molecule has 0 atom stereocenters. The first-order valence-corrected chi connectivity index (χ1v) is 4.89. The van der Waals surface area contributed by atoms with Gasteiger partial charge in [0.25, 0.3) is 0 Å². The first-order valence-electron chi connectivity index (χ1n) is 4.89. The van der Waals surface area contributed by atoms with Crippen LogP contribution in [0.4, 0.5) is 4.39 Å². The number of nitrogens with zero attached hydrogens (tertiary/aromatic N) is 2. The fraction of sp³-hybridized carbons (Fsp3) is 0.182. The maximum absolute atomic E-state index is 13.1. The molecule has 1 heterocycles. The minimum atomic E-state index is -0.561. The number of H-pyrrole nitrogens is 1. The van der Waals surface area contributed by atoms with Gasteiger partial charge in [0.1, 0.15) is 11.6 Å². The molecule has 0 saturated carbocycles. The SMILES string of the molecule is COc1nc(-c2ccc(F)c(C)c2)[nH]c(=O)n1. The van der Waals surface area contributed by atoms with Crippen molar-refractivity contribution in [1.29, 1.82) is 0 Å². The van der Waals surface area contributed by atoms with E-state index in [0.717, 1.165) is 0 Å². The van der Waals surface area contributed by atoms with Crippen LogP contribution in [0.3, 0.4) is 0 Å². The predicted molar refractivity (Wildman–Crippen MR) is 59.3 cm³/mol. The molecule has 0 aliphatic rings. The van der Waals surface area contributed by atoms with E-state index in [1.807, 2.05) is 0 Å². The van der Waals surface area contributed by atoms with Gasteiger partial charge in [0.2, 0.25) is 0 Å². The first kappa shape index (κ1) is 11.3. The van der Waals surface area contributed by atoms with Crippen LogP contribution in [0.25, 0.3) is 11.4 Å². The highest BCUT2D eigenvalue weighted by Gasteiger charge is 2.07. The summed E-state index contributed by atoms with van der Waals surface area (Å²) < 4.78 is 17.9. The number of rotatable bonds is 2. The zero-order valence-electron chi connectivity index (χ0n) is 9.32. The third kappa shape index (κ3) is 2.30. The van der Waals surface area contributed by atoms with Crippen LogP contribution in [0.2, 0.25) is 0 Å². The van der Waals surface area contributed by atoms with Gasteiger partial charge in [-0.2, -0.15) is 4.98 Å². The van der Waals surface area contributed by atoms with Crippen LogP contribution in [0.1, 0.15) is 5.56 Å². The third-order valence-corrected chi connectivity index (χ3v) is 2.24. The van der Waals surface area contributed by atoms with Gasteiger partial charge >= 0.3 is 11.7 Å². The van der Waals surface area contributed by atoms with Gasteiger partial charge in [-0.1, -0.05) is 0 Å². The molecular formula is C11H10FN3O2. The summed E-state index contributed by atoms with van der Waals surface area (Å²) in [5.74, 6) is -0.0120. The number of aromatic nitrogens is 3. The normalized spacial score (nSPS) is 10.3. The Labute approximate surface area is 96.3 Å². The topological polar surface area (TPSA) is 67.9 Å². The molecular weight excluding hydrogens is 225 g/mol. The number of aromatic amines is 1. The van der Waals surface area contributed by atoms with Crippen molar-refractivity contribution in [3.63, 3.8) is 0 Å². The van der Waals surface area contributed by atoms with E-state index in [0.29, 0.717) is 17.0 Å².